The molecule has 0 aliphatic rings. The fourth-order valence-electron chi connectivity index (χ4n) is 1.37. The molecule has 1 rings (SSSR count). The first-order chi connectivity index (χ1) is 8.02. The summed E-state index contributed by atoms with van der Waals surface area (Å²) in [6.45, 7) is 2.23. The van der Waals surface area contributed by atoms with Gasteiger partial charge in [0.15, 0.2) is 0 Å². The molecule has 0 aliphatic carbocycles. The van der Waals surface area contributed by atoms with Crippen molar-refractivity contribution in [2.24, 2.45) is 0 Å². The Morgan fingerprint density at radius 1 is 1.59 bits per heavy atom. The van der Waals surface area contributed by atoms with Crippen molar-refractivity contribution in [1.29, 1.82) is 0 Å². The largest absolute Gasteiger partial charge is 0.469 e. The smallest absolute Gasteiger partial charge is 0.307 e. The number of hydrogen-bond acceptors (Lipinski definition) is 3. The lowest BCUT2D eigenvalue weighted by Crippen LogP contribution is -2.28. The standard InChI is InChI=1S/C12H15BrFNO2/c1-8(5-12(16)17-2)15-7-9-6-10(13)3-4-11(9)14/h3-4,6,8,15H,5,7H2,1-2H3. The molecule has 17 heavy (non-hydrogen) atoms. The molecule has 0 bridgehead atoms. The zero-order valence-electron chi connectivity index (χ0n) is 9.80. The molecule has 1 unspecified atom stereocenters. The molecule has 0 amide bonds. The molecule has 5 heteroatoms. The summed E-state index contributed by atoms with van der Waals surface area (Å²) in [5.41, 5.74) is 0.566. The third kappa shape index (κ3) is 4.83. The summed E-state index contributed by atoms with van der Waals surface area (Å²) in [5.74, 6) is -0.536. The Kier molecular flexibility index (Phi) is 5.58. The van der Waals surface area contributed by atoms with E-state index in [1.54, 1.807) is 12.1 Å². The van der Waals surface area contributed by atoms with Crippen LogP contribution in [0.25, 0.3) is 0 Å². The molecule has 0 spiro atoms. The van der Waals surface area contributed by atoms with E-state index in [0.717, 1.165) is 4.47 Å². The molecule has 1 N–H and O–H groups in total. The molecule has 3 nitrogen and oxygen atoms in total. The minimum absolute atomic E-state index is 0.0548. The molecule has 1 aromatic rings. The van der Waals surface area contributed by atoms with Crippen LogP contribution < -0.4 is 5.32 Å². The average molecular weight is 304 g/mol. The van der Waals surface area contributed by atoms with Crippen molar-refractivity contribution in [1.82, 2.24) is 5.32 Å². The van der Waals surface area contributed by atoms with Gasteiger partial charge in [0.2, 0.25) is 0 Å². The summed E-state index contributed by atoms with van der Waals surface area (Å²) in [6.07, 6.45) is 0.270. The van der Waals surface area contributed by atoms with Crippen molar-refractivity contribution in [3.8, 4) is 0 Å². The number of ether oxygens (including phenoxy) is 1. The fourth-order valence-corrected chi connectivity index (χ4v) is 1.78. The van der Waals surface area contributed by atoms with Crippen molar-refractivity contribution in [3.05, 3.63) is 34.1 Å². The van der Waals surface area contributed by atoms with Crippen molar-refractivity contribution < 1.29 is 13.9 Å². The van der Waals surface area contributed by atoms with Gasteiger partial charge < -0.3 is 10.1 Å². The highest BCUT2D eigenvalue weighted by molar-refractivity contribution is 9.10. The van der Waals surface area contributed by atoms with Gasteiger partial charge in [-0.15, -0.1) is 0 Å². The maximum absolute atomic E-state index is 13.4. The van der Waals surface area contributed by atoms with Gasteiger partial charge in [0.05, 0.1) is 13.5 Å². The molecule has 0 radical (unpaired) electrons. The highest BCUT2D eigenvalue weighted by atomic mass is 79.9. The van der Waals surface area contributed by atoms with E-state index in [2.05, 4.69) is 26.0 Å². The summed E-state index contributed by atoms with van der Waals surface area (Å²) in [7, 11) is 1.35. The molecule has 0 saturated heterocycles. The third-order valence-corrected chi connectivity index (χ3v) is 2.84. The lowest BCUT2D eigenvalue weighted by Gasteiger charge is -2.13. The summed E-state index contributed by atoms with van der Waals surface area (Å²) < 4.78 is 18.8. The number of esters is 1. The maximum Gasteiger partial charge on any atom is 0.307 e. The van der Waals surface area contributed by atoms with E-state index in [9.17, 15) is 9.18 Å². The quantitative estimate of drug-likeness (QED) is 0.850. The van der Waals surface area contributed by atoms with Gasteiger partial charge >= 0.3 is 5.97 Å². The monoisotopic (exact) mass is 303 g/mol. The van der Waals surface area contributed by atoms with Gasteiger partial charge in [0.1, 0.15) is 5.82 Å². The number of carbonyl (C=O) groups excluding carboxylic acids is 1. The first-order valence-corrected chi connectivity index (χ1v) is 6.06. The van der Waals surface area contributed by atoms with Crippen molar-refractivity contribution in [3.63, 3.8) is 0 Å². The topological polar surface area (TPSA) is 38.3 Å². The average Bonchev–Trinajstić information content (AvgIpc) is 2.30. The second-order valence-corrected chi connectivity index (χ2v) is 4.71. The lowest BCUT2D eigenvalue weighted by molar-refractivity contribution is -0.141. The van der Waals surface area contributed by atoms with E-state index in [0.29, 0.717) is 12.1 Å². The van der Waals surface area contributed by atoms with Crippen LogP contribution in [0, 0.1) is 5.82 Å². The van der Waals surface area contributed by atoms with E-state index in [-0.39, 0.29) is 24.2 Å². The van der Waals surface area contributed by atoms with Gasteiger partial charge in [-0.1, -0.05) is 15.9 Å². The van der Waals surface area contributed by atoms with E-state index < -0.39 is 0 Å². The van der Waals surface area contributed by atoms with Gasteiger partial charge in [0, 0.05) is 22.6 Å². The summed E-state index contributed by atoms with van der Waals surface area (Å²) in [6, 6.07) is 4.72. The first kappa shape index (κ1) is 14.1. The molecular formula is C12H15BrFNO2. The number of benzene rings is 1. The Balaban J connectivity index is 2.49. The minimum Gasteiger partial charge on any atom is -0.469 e. The fraction of sp³-hybridized carbons (Fsp3) is 0.417. The number of nitrogens with one attached hydrogen (secondary N) is 1. The molecule has 0 fully saturated rings. The molecule has 0 heterocycles. The molecule has 1 aromatic carbocycles. The minimum atomic E-state index is -0.278. The van der Waals surface area contributed by atoms with Gasteiger partial charge in [0.25, 0.3) is 0 Å². The van der Waals surface area contributed by atoms with Gasteiger partial charge in [-0.3, -0.25) is 4.79 Å². The van der Waals surface area contributed by atoms with Crippen molar-refractivity contribution in [2.75, 3.05) is 7.11 Å². The van der Waals surface area contributed by atoms with Crippen LogP contribution >= 0.6 is 15.9 Å². The van der Waals surface area contributed by atoms with Crippen LogP contribution in [0.1, 0.15) is 18.9 Å². The van der Waals surface area contributed by atoms with Gasteiger partial charge in [-0.05, 0) is 25.1 Å². The summed E-state index contributed by atoms with van der Waals surface area (Å²) in [4.78, 5) is 11.0. The Hall–Kier alpha value is -0.940. The molecule has 94 valence electrons. The Labute approximate surface area is 108 Å². The predicted molar refractivity (Wildman–Crippen MR) is 67.0 cm³/mol. The van der Waals surface area contributed by atoms with Crippen LogP contribution in [-0.2, 0) is 16.1 Å². The number of carbonyl (C=O) groups is 1. The van der Waals surface area contributed by atoms with E-state index >= 15 is 0 Å². The van der Waals surface area contributed by atoms with E-state index in [4.69, 9.17) is 0 Å². The first-order valence-electron chi connectivity index (χ1n) is 5.27. The predicted octanol–water partition coefficient (Wildman–Crippen LogP) is 2.63. The molecule has 1 atom stereocenters. The second kappa shape index (κ2) is 6.71. The van der Waals surface area contributed by atoms with Gasteiger partial charge in [-0.25, -0.2) is 4.39 Å². The van der Waals surface area contributed by atoms with Crippen LogP contribution in [0.5, 0.6) is 0 Å². The van der Waals surface area contributed by atoms with Crippen LogP contribution in [0.2, 0.25) is 0 Å². The Bertz CT molecular complexity index is 398. The van der Waals surface area contributed by atoms with E-state index in [1.165, 1.54) is 13.2 Å². The normalized spacial score (nSPS) is 12.2. The highest BCUT2D eigenvalue weighted by Crippen LogP contribution is 2.15. The van der Waals surface area contributed by atoms with Crippen LogP contribution in [-0.4, -0.2) is 19.1 Å². The Morgan fingerprint density at radius 2 is 2.29 bits per heavy atom. The zero-order valence-corrected chi connectivity index (χ0v) is 11.4. The molecule has 0 aromatic heterocycles. The van der Waals surface area contributed by atoms with Crippen LogP contribution in [0.4, 0.5) is 4.39 Å². The molecular weight excluding hydrogens is 289 g/mol. The number of rotatable bonds is 5. The number of hydrogen-bond donors (Lipinski definition) is 1. The van der Waals surface area contributed by atoms with Crippen molar-refractivity contribution >= 4 is 21.9 Å². The highest BCUT2D eigenvalue weighted by Gasteiger charge is 2.09. The zero-order chi connectivity index (χ0) is 12.8. The van der Waals surface area contributed by atoms with Gasteiger partial charge in [-0.2, -0.15) is 0 Å². The Morgan fingerprint density at radius 3 is 2.94 bits per heavy atom. The molecule has 0 saturated carbocycles. The summed E-state index contributed by atoms with van der Waals surface area (Å²) >= 11 is 3.29. The molecule has 0 aliphatic heterocycles. The maximum atomic E-state index is 13.4. The summed E-state index contributed by atoms with van der Waals surface area (Å²) in [5, 5.41) is 3.07. The number of halogens is 2. The van der Waals surface area contributed by atoms with Crippen molar-refractivity contribution in [2.45, 2.75) is 25.9 Å². The lowest BCUT2D eigenvalue weighted by atomic mass is 10.2. The van der Waals surface area contributed by atoms with Crippen LogP contribution in [0.3, 0.4) is 0 Å². The second-order valence-electron chi connectivity index (χ2n) is 3.80. The van der Waals surface area contributed by atoms with E-state index in [1.807, 2.05) is 6.92 Å². The van der Waals surface area contributed by atoms with Crippen LogP contribution in [0.15, 0.2) is 22.7 Å². The SMILES string of the molecule is COC(=O)CC(C)NCc1cc(Br)ccc1F. The number of methoxy groups -OCH3 is 1. The third-order valence-electron chi connectivity index (χ3n) is 2.35.